The largest absolute Gasteiger partial charge is 0.349 e. The fourth-order valence-corrected chi connectivity index (χ4v) is 3.22. The van der Waals surface area contributed by atoms with E-state index < -0.39 is 0 Å². The van der Waals surface area contributed by atoms with Crippen molar-refractivity contribution in [3.8, 4) is 0 Å². The molecule has 0 aromatic rings. The van der Waals surface area contributed by atoms with E-state index in [-0.39, 0.29) is 0 Å². The maximum atomic E-state index is 4.60. The highest BCUT2D eigenvalue weighted by Gasteiger charge is 2.25. The lowest BCUT2D eigenvalue weighted by molar-refractivity contribution is 0.350. The predicted molar refractivity (Wildman–Crippen MR) is 74.3 cm³/mol. The van der Waals surface area contributed by atoms with Crippen LogP contribution in [0.15, 0.2) is 4.99 Å². The summed E-state index contributed by atoms with van der Waals surface area (Å²) in [5, 5.41) is 0.746. The average molecular weight is 243 g/mol. The van der Waals surface area contributed by atoms with Crippen molar-refractivity contribution in [2.75, 3.05) is 39.5 Å². The first-order chi connectivity index (χ1) is 7.56. The molecular weight excluding hydrogens is 218 g/mol. The summed E-state index contributed by atoms with van der Waals surface area (Å²) in [6, 6.07) is 0. The van der Waals surface area contributed by atoms with Gasteiger partial charge in [-0.15, -0.1) is 0 Å². The van der Waals surface area contributed by atoms with Crippen LogP contribution >= 0.6 is 11.8 Å². The molecule has 94 valence electrons. The predicted octanol–water partition coefficient (Wildman–Crippen LogP) is 2.00. The molecule has 1 unspecified atom stereocenters. The van der Waals surface area contributed by atoms with E-state index in [0.717, 1.165) is 36.8 Å². The molecule has 1 rings (SSSR count). The lowest BCUT2D eigenvalue weighted by Crippen LogP contribution is -2.48. The van der Waals surface area contributed by atoms with Crippen molar-refractivity contribution in [2.24, 2.45) is 10.9 Å². The molecule has 0 aromatic carbocycles. The monoisotopic (exact) mass is 243 g/mol. The molecule has 0 aliphatic carbocycles. The summed E-state index contributed by atoms with van der Waals surface area (Å²) in [6.45, 7) is 9.86. The van der Waals surface area contributed by atoms with E-state index in [0.29, 0.717) is 0 Å². The number of rotatable bonds is 2. The zero-order chi connectivity index (χ0) is 12.1. The first-order valence-electron chi connectivity index (χ1n) is 6.14. The Morgan fingerprint density at radius 2 is 2.19 bits per heavy atom. The van der Waals surface area contributed by atoms with E-state index in [9.17, 15) is 0 Å². The summed E-state index contributed by atoms with van der Waals surface area (Å²) in [5.74, 6) is 3.12. The fourth-order valence-electron chi connectivity index (χ4n) is 1.93. The molecule has 1 aliphatic rings. The van der Waals surface area contributed by atoms with Gasteiger partial charge in [0.05, 0.1) is 0 Å². The SMILES string of the molecule is CCN=C(N(C)C)N1CCSC(C(C)C)C1. The van der Waals surface area contributed by atoms with Gasteiger partial charge in [0.1, 0.15) is 0 Å². The summed E-state index contributed by atoms with van der Waals surface area (Å²) >= 11 is 2.11. The summed E-state index contributed by atoms with van der Waals surface area (Å²) in [7, 11) is 4.17. The molecule has 0 N–H and O–H groups in total. The van der Waals surface area contributed by atoms with Gasteiger partial charge in [-0.3, -0.25) is 4.99 Å². The molecule has 3 nitrogen and oxygen atoms in total. The smallest absolute Gasteiger partial charge is 0.196 e. The van der Waals surface area contributed by atoms with Crippen LogP contribution in [-0.4, -0.2) is 60.5 Å². The molecule has 1 saturated heterocycles. The first kappa shape index (κ1) is 13.7. The van der Waals surface area contributed by atoms with Crippen LogP contribution in [0, 0.1) is 5.92 Å². The minimum Gasteiger partial charge on any atom is -0.349 e. The van der Waals surface area contributed by atoms with Gasteiger partial charge in [0.15, 0.2) is 5.96 Å². The second kappa shape index (κ2) is 6.38. The molecule has 0 aromatic heterocycles. The van der Waals surface area contributed by atoms with Gasteiger partial charge in [-0.25, -0.2) is 0 Å². The number of hydrogen-bond donors (Lipinski definition) is 0. The van der Waals surface area contributed by atoms with Crippen molar-refractivity contribution in [3.05, 3.63) is 0 Å². The minimum atomic E-state index is 0.746. The highest BCUT2D eigenvalue weighted by molar-refractivity contribution is 8.00. The van der Waals surface area contributed by atoms with E-state index in [1.807, 2.05) is 0 Å². The van der Waals surface area contributed by atoms with Crippen molar-refractivity contribution in [1.29, 1.82) is 0 Å². The molecule has 0 saturated carbocycles. The highest BCUT2D eigenvalue weighted by atomic mass is 32.2. The number of aliphatic imine (C=N–C) groups is 1. The minimum absolute atomic E-state index is 0.746. The Balaban J connectivity index is 2.67. The van der Waals surface area contributed by atoms with Crippen LogP contribution in [0.5, 0.6) is 0 Å². The van der Waals surface area contributed by atoms with E-state index in [4.69, 9.17) is 0 Å². The zero-order valence-corrected chi connectivity index (χ0v) is 12.0. The fraction of sp³-hybridized carbons (Fsp3) is 0.917. The molecule has 1 aliphatic heterocycles. The van der Waals surface area contributed by atoms with Crippen LogP contribution in [0.4, 0.5) is 0 Å². The van der Waals surface area contributed by atoms with Gasteiger partial charge in [0.2, 0.25) is 0 Å². The average Bonchev–Trinajstić information content (AvgIpc) is 2.25. The van der Waals surface area contributed by atoms with Gasteiger partial charge in [-0.05, 0) is 12.8 Å². The highest BCUT2D eigenvalue weighted by Crippen LogP contribution is 2.25. The molecular formula is C12H25N3S. The van der Waals surface area contributed by atoms with Crippen molar-refractivity contribution in [2.45, 2.75) is 26.0 Å². The van der Waals surface area contributed by atoms with E-state index in [1.165, 1.54) is 5.75 Å². The number of thioether (sulfide) groups is 1. The summed E-state index contributed by atoms with van der Waals surface area (Å²) in [6.07, 6.45) is 0. The van der Waals surface area contributed by atoms with Gasteiger partial charge in [-0.1, -0.05) is 13.8 Å². The summed E-state index contributed by atoms with van der Waals surface area (Å²) < 4.78 is 0. The quantitative estimate of drug-likeness (QED) is 0.546. The summed E-state index contributed by atoms with van der Waals surface area (Å²) in [5.41, 5.74) is 0. The first-order valence-corrected chi connectivity index (χ1v) is 7.19. The third-order valence-corrected chi connectivity index (χ3v) is 4.36. The standard InChI is InChI=1S/C12H25N3S/c1-6-13-12(14(4)5)15-7-8-16-11(9-15)10(2)3/h10-11H,6-9H2,1-5H3. The number of hydrogen-bond acceptors (Lipinski definition) is 2. The van der Waals surface area contributed by atoms with Crippen LogP contribution in [-0.2, 0) is 0 Å². The third kappa shape index (κ3) is 3.58. The van der Waals surface area contributed by atoms with Crippen molar-refractivity contribution in [3.63, 3.8) is 0 Å². The molecule has 1 atom stereocenters. The van der Waals surface area contributed by atoms with E-state index in [1.54, 1.807) is 0 Å². The van der Waals surface area contributed by atoms with Crippen LogP contribution in [0.2, 0.25) is 0 Å². The molecule has 16 heavy (non-hydrogen) atoms. The molecule has 4 heteroatoms. The van der Waals surface area contributed by atoms with Crippen molar-refractivity contribution >= 4 is 17.7 Å². The summed E-state index contributed by atoms with van der Waals surface area (Å²) in [4.78, 5) is 9.17. The maximum absolute atomic E-state index is 4.60. The molecule has 0 radical (unpaired) electrons. The number of guanidine groups is 1. The Morgan fingerprint density at radius 1 is 1.50 bits per heavy atom. The normalized spacial score (nSPS) is 22.8. The van der Waals surface area contributed by atoms with Gasteiger partial charge in [0.25, 0.3) is 0 Å². The lowest BCUT2D eigenvalue weighted by Gasteiger charge is -2.38. The van der Waals surface area contributed by atoms with Gasteiger partial charge >= 0.3 is 0 Å². The number of nitrogens with zero attached hydrogens (tertiary/aromatic N) is 3. The maximum Gasteiger partial charge on any atom is 0.196 e. The molecule has 1 fully saturated rings. The van der Waals surface area contributed by atoms with Crippen LogP contribution in [0.25, 0.3) is 0 Å². The molecule has 0 spiro atoms. The topological polar surface area (TPSA) is 18.8 Å². The van der Waals surface area contributed by atoms with Crippen LogP contribution in [0.3, 0.4) is 0 Å². The Labute approximate surface area is 104 Å². The molecule has 0 bridgehead atoms. The Kier molecular flexibility index (Phi) is 5.46. The van der Waals surface area contributed by atoms with Crippen molar-refractivity contribution in [1.82, 2.24) is 9.80 Å². The van der Waals surface area contributed by atoms with Crippen LogP contribution in [0.1, 0.15) is 20.8 Å². The van der Waals surface area contributed by atoms with Crippen LogP contribution < -0.4 is 0 Å². The van der Waals surface area contributed by atoms with Gasteiger partial charge < -0.3 is 9.80 Å². The van der Waals surface area contributed by atoms with E-state index >= 15 is 0 Å². The second-order valence-corrected chi connectivity index (χ2v) is 6.12. The third-order valence-electron chi connectivity index (χ3n) is 2.82. The Bertz CT molecular complexity index is 238. The Morgan fingerprint density at radius 3 is 2.69 bits per heavy atom. The molecule has 1 heterocycles. The van der Waals surface area contributed by atoms with E-state index in [2.05, 4.69) is 61.4 Å². The van der Waals surface area contributed by atoms with Gasteiger partial charge in [-0.2, -0.15) is 11.8 Å². The molecule has 0 amide bonds. The lowest BCUT2D eigenvalue weighted by atomic mass is 10.1. The Hall–Kier alpha value is -0.380. The van der Waals surface area contributed by atoms with Crippen molar-refractivity contribution < 1.29 is 0 Å². The zero-order valence-electron chi connectivity index (χ0n) is 11.2. The van der Waals surface area contributed by atoms with Gasteiger partial charge in [0, 0.05) is 44.7 Å². The second-order valence-electron chi connectivity index (χ2n) is 4.77.